The van der Waals surface area contributed by atoms with E-state index in [1.165, 1.54) is 0 Å². The zero-order valence-electron chi connectivity index (χ0n) is 10.3. The van der Waals surface area contributed by atoms with Crippen molar-refractivity contribution < 1.29 is 4.79 Å². The van der Waals surface area contributed by atoms with E-state index in [0.717, 1.165) is 13.0 Å². The highest BCUT2D eigenvalue weighted by molar-refractivity contribution is 5.79. The molecule has 4 heteroatoms. The predicted molar refractivity (Wildman–Crippen MR) is 61.6 cm³/mol. The molecule has 0 saturated carbocycles. The van der Waals surface area contributed by atoms with Crippen molar-refractivity contribution in [1.29, 1.82) is 0 Å². The SMILES string of the molecule is CN1CC(=O)N(C(C)(C)C)CC1CCN. The molecule has 1 heterocycles. The molecule has 0 aromatic rings. The summed E-state index contributed by atoms with van der Waals surface area (Å²) in [6.07, 6.45) is 0.955. The van der Waals surface area contributed by atoms with E-state index >= 15 is 0 Å². The molecule has 1 atom stereocenters. The van der Waals surface area contributed by atoms with Gasteiger partial charge in [0, 0.05) is 18.1 Å². The lowest BCUT2D eigenvalue weighted by Gasteiger charge is -2.45. The van der Waals surface area contributed by atoms with Gasteiger partial charge in [-0.3, -0.25) is 9.69 Å². The van der Waals surface area contributed by atoms with Crippen LogP contribution < -0.4 is 5.73 Å². The van der Waals surface area contributed by atoms with Crippen molar-refractivity contribution in [2.24, 2.45) is 5.73 Å². The molecule has 1 aliphatic heterocycles. The number of nitrogens with two attached hydrogens (primary N) is 1. The molecule has 15 heavy (non-hydrogen) atoms. The summed E-state index contributed by atoms with van der Waals surface area (Å²) in [7, 11) is 2.00. The van der Waals surface area contributed by atoms with E-state index in [1.54, 1.807) is 0 Å². The van der Waals surface area contributed by atoms with Crippen LogP contribution in [0.3, 0.4) is 0 Å². The van der Waals surface area contributed by atoms with Crippen molar-refractivity contribution in [2.75, 3.05) is 26.7 Å². The van der Waals surface area contributed by atoms with Crippen LogP contribution in [0.5, 0.6) is 0 Å². The van der Waals surface area contributed by atoms with Gasteiger partial charge < -0.3 is 10.6 Å². The molecule has 1 amide bonds. The Balaban J connectivity index is 2.71. The van der Waals surface area contributed by atoms with Gasteiger partial charge in [0.25, 0.3) is 0 Å². The highest BCUT2D eigenvalue weighted by Gasteiger charge is 2.34. The van der Waals surface area contributed by atoms with E-state index in [-0.39, 0.29) is 11.4 Å². The maximum absolute atomic E-state index is 11.9. The Hall–Kier alpha value is -0.610. The highest BCUT2D eigenvalue weighted by atomic mass is 16.2. The number of carbonyl (C=O) groups excluding carboxylic acids is 1. The number of rotatable bonds is 2. The third-order valence-electron chi connectivity index (χ3n) is 3.01. The summed E-state index contributed by atoms with van der Waals surface area (Å²) in [5.74, 6) is 0.221. The molecule has 1 unspecified atom stereocenters. The van der Waals surface area contributed by atoms with Crippen LogP contribution >= 0.6 is 0 Å². The number of hydrogen-bond acceptors (Lipinski definition) is 3. The van der Waals surface area contributed by atoms with E-state index in [0.29, 0.717) is 19.1 Å². The normalized spacial score (nSPS) is 24.7. The highest BCUT2D eigenvalue weighted by Crippen LogP contribution is 2.20. The van der Waals surface area contributed by atoms with Gasteiger partial charge in [-0.05, 0) is 40.8 Å². The Bertz CT molecular complexity index is 234. The minimum Gasteiger partial charge on any atom is -0.335 e. The van der Waals surface area contributed by atoms with Gasteiger partial charge in [-0.25, -0.2) is 0 Å². The zero-order valence-corrected chi connectivity index (χ0v) is 10.3. The average molecular weight is 213 g/mol. The van der Waals surface area contributed by atoms with Gasteiger partial charge in [-0.15, -0.1) is 0 Å². The Kier molecular flexibility index (Phi) is 3.73. The minimum absolute atomic E-state index is 0.0782. The van der Waals surface area contributed by atoms with Crippen molar-refractivity contribution >= 4 is 5.91 Å². The molecule has 1 saturated heterocycles. The van der Waals surface area contributed by atoms with Crippen molar-refractivity contribution in [3.63, 3.8) is 0 Å². The summed E-state index contributed by atoms with van der Waals surface area (Å²) < 4.78 is 0. The number of hydrogen-bond donors (Lipinski definition) is 1. The van der Waals surface area contributed by atoms with Crippen LogP contribution in [0.1, 0.15) is 27.2 Å². The lowest BCUT2D eigenvalue weighted by molar-refractivity contribution is -0.143. The Morgan fingerprint density at radius 1 is 1.47 bits per heavy atom. The number of amides is 1. The molecule has 0 bridgehead atoms. The fourth-order valence-electron chi connectivity index (χ4n) is 2.03. The number of nitrogens with zero attached hydrogens (tertiary/aromatic N) is 2. The second-order valence-corrected chi connectivity index (χ2v) is 5.32. The monoisotopic (exact) mass is 213 g/mol. The maximum atomic E-state index is 11.9. The van der Waals surface area contributed by atoms with Gasteiger partial charge in [0.2, 0.25) is 5.91 Å². The van der Waals surface area contributed by atoms with Gasteiger partial charge >= 0.3 is 0 Å². The van der Waals surface area contributed by atoms with E-state index in [9.17, 15) is 4.79 Å². The predicted octanol–water partition coefficient (Wildman–Crippen LogP) is 0.276. The van der Waals surface area contributed by atoms with Crippen LogP contribution in [-0.2, 0) is 4.79 Å². The average Bonchev–Trinajstić information content (AvgIpc) is 2.07. The van der Waals surface area contributed by atoms with E-state index in [2.05, 4.69) is 25.7 Å². The van der Waals surface area contributed by atoms with Crippen LogP contribution in [-0.4, -0.2) is 54.0 Å². The molecule has 1 fully saturated rings. The molecule has 1 rings (SSSR count). The molecule has 4 nitrogen and oxygen atoms in total. The molecule has 0 aliphatic carbocycles. The lowest BCUT2D eigenvalue weighted by Crippen LogP contribution is -2.60. The largest absolute Gasteiger partial charge is 0.335 e. The first-order chi connectivity index (χ1) is 6.86. The van der Waals surface area contributed by atoms with Gasteiger partial charge in [0.05, 0.1) is 6.54 Å². The van der Waals surface area contributed by atoms with Crippen LogP contribution in [0, 0.1) is 0 Å². The standard InChI is InChI=1S/C11H23N3O/c1-11(2,3)14-7-9(5-6-12)13(4)8-10(14)15/h9H,5-8,12H2,1-4H3. The molecule has 0 spiro atoms. The summed E-state index contributed by atoms with van der Waals surface area (Å²) in [6.45, 7) is 8.24. The lowest BCUT2D eigenvalue weighted by atomic mass is 10.0. The van der Waals surface area contributed by atoms with Crippen molar-refractivity contribution in [2.45, 2.75) is 38.8 Å². The van der Waals surface area contributed by atoms with Crippen LogP contribution in [0.4, 0.5) is 0 Å². The second kappa shape index (κ2) is 4.49. The van der Waals surface area contributed by atoms with Crippen LogP contribution in [0.2, 0.25) is 0 Å². The number of likely N-dealkylation sites (N-methyl/N-ethyl adjacent to an activating group) is 1. The van der Waals surface area contributed by atoms with Crippen molar-refractivity contribution in [1.82, 2.24) is 9.80 Å². The first-order valence-corrected chi connectivity index (χ1v) is 5.57. The topological polar surface area (TPSA) is 49.6 Å². The fourth-order valence-corrected chi connectivity index (χ4v) is 2.03. The molecular weight excluding hydrogens is 190 g/mol. The molecule has 0 radical (unpaired) electrons. The summed E-state index contributed by atoms with van der Waals surface area (Å²) in [5, 5.41) is 0. The molecule has 88 valence electrons. The molecule has 1 aliphatic rings. The Labute approximate surface area is 92.4 Å². The number of carbonyl (C=O) groups is 1. The first kappa shape index (κ1) is 12.5. The fraction of sp³-hybridized carbons (Fsp3) is 0.909. The maximum Gasteiger partial charge on any atom is 0.237 e. The first-order valence-electron chi connectivity index (χ1n) is 5.57. The zero-order chi connectivity index (χ0) is 11.6. The smallest absolute Gasteiger partial charge is 0.237 e. The molecule has 2 N–H and O–H groups in total. The quantitative estimate of drug-likeness (QED) is 0.716. The summed E-state index contributed by atoms with van der Waals surface area (Å²) in [6, 6.07) is 0.409. The van der Waals surface area contributed by atoms with Gasteiger partial charge in [0.15, 0.2) is 0 Å². The van der Waals surface area contributed by atoms with Crippen LogP contribution in [0.15, 0.2) is 0 Å². The van der Waals surface area contributed by atoms with Crippen LogP contribution in [0.25, 0.3) is 0 Å². The Morgan fingerprint density at radius 3 is 2.53 bits per heavy atom. The summed E-state index contributed by atoms with van der Waals surface area (Å²) in [5.41, 5.74) is 5.50. The third kappa shape index (κ3) is 2.92. The summed E-state index contributed by atoms with van der Waals surface area (Å²) >= 11 is 0. The van der Waals surface area contributed by atoms with Gasteiger partial charge in [0.1, 0.15) is 0 Å². The minimum atomic E-state index is -0.0782. The molecular formula is C11H23N3O. The van der Waals surface area contributed by atoms with Gasteiger partial charge in [-0.1, -0.05) is 0 Å². The molecule has 0 aromatic heterocycles. The Morgan fingerprint density at radius 2 is 2.07 bits per heavy atom. The van der Waals surface area contributed by atoms with E-state index in [4.69, 9.17) is 5.73 Å². The van der Waals surface area contributed by atoms with E-state index < -0.39 is 0 Å². The molecule has 0 aromatic carbocycles. The van der Waals surface area contributed by atoms with Crippen molar-refractivity contribution in [3.05, 3.63) is 0 Å². The van der Waals surface area contributed by atoms with E-state index in [1.807, 2.05) is 11.9 Å². The second-order valence-electron chi connectivity index (χ2n) is 5.32. The summed E-state index contributed by atoms with van der Waals surface area (Å²) in [4.78, 5) is 15.9. The number of piperazine rings is 1. The van der Waals surface area contributed by atoms with Crippen molar-refractivity contribution in [3.8, 4) is 0 Å². The van der Waals surface area contributed by atoms with Gasteiger partial charge in [-0.2, -0.15) is 0 Å². The third-order valence-corrected chi connectivity index (χ3v) is 3.01.